The van der Waals surface area contributed by atoms with Crippen molar-refractivity contribution in [3.63, 3.8) is 0 Å². The fourth-order valence-corrected chi connectivity index (χ4v) is 3.74. The lowest BCUT2D eigenvalue weighted by Gasteiger charge is -2.54. The van der Waals surface area contributed by atoms with Gasteiger partial charge in [0.1, 0.15) is 0 Å². The number of hydrogen-bond donors (Lipinski definition) is 1. The summed E-state index contributed by atoms with van der Waals surface area (Å²) in [5, 5.41) is 0.681. The Kier molecular flexibility index (Phi) is 2.93. The maximum atomic E-state index is 6.14. The second kappa shape index (κ2) is 4.34. The smallest absolute Gasteiger partial charge is 0.0656 e. The van der Waals surface area contributed by atoms with Gasteiger partial charge >= 0.3 is 0 Å². The van der Waals surface area contributed by atoms with Crippen molar-refractivity contribution >= 4 is 23.0 Å². The molecule has 18 heavy (non-hydrogen) atoms. The van der Waals surface area contributed by atoms with E-state index in [1.165, 1.54) is 56.4 Å². The number of nitrogen functional groups attached to an aromatic ring is 1. The van der Waals surface area contributed by atoms with E-state index in [-0.39, 0.29) is 0 Å². The lowest BCUT2D eigenvalue weighted by atomic mass is 9.68. The summed E-state index contributed by atoms with van der Waals surface area (Å²) in [6, 6.07) is 4.02. The highest BCUT2D eigenvalue weighted by atomic mass is 35.5. The predicted molar refractivity (Wildman–Crippen MR) is 78.3 cm³/mol. The molecule has 3 rings (SSSR count). The van der Waals surface area contributed by atoms with E-state index < -0.39 is 0 Å². The van der Waals surface area contributed by atoms with Crippen LogP contribution in [0, 0.1) is 12.3 Å². The SMILES string of the molecule is Cc1cc(N)c(Cl)cc1N1CC2(CCCCC2)C1. The molecule has 2 aliphatic rings. The minimum atomic E-state index is 0.610. The molecule has 3 heteroatoms. The van der Waals surface area contributed by atoms with Crippen molar-refractivity contribution in [2.45, 2.75) is 39.0 Å². The molecule has 0 aromatic heterocycles. The van der Waals surface area contributed by atoms with Gasteiger partial charge < -0.3 is 10.6 Å². The van der Waals surface area contributed by atoms with Crippen LogP contribution in [0.1, 0.15) is 37.7 Å². The molecule has 0 unspecified atom stereocenters. The van der Waals surface area contributed by atoms with Crippen molar-refractivity contribution in [1.29, 1.82) is 0 Å². The Morgan fingerprint density at radius 1 is 1.17 bits per heavy atom. The second-order valence-corrected chi connectivity index (χ2v) is 6.48. The number of nitrogens with two attached hydrogens (primary N) is 1. The first kappa shape index (κ1) is 12.2. The number of nitrogens with zero attached hydrogens (tertiary/aromatic N) is 1. The number of halogens is 1. The van der Waals surface area contributed by atoms with Crippen molar-refractivity contribution in [2.24, 2.45) is 5.41 Å². The van der Waals surface area contributed by atoms with Gasteiger partial charge in [-0.25, -0.2) is 0 Å². The normalized spacial score (nSPS) is 22.0. The molecule has 98 valence electrons. The van der Waals surface area contributed by atoms with Crippen molar-refractivity contribution in [2.75, 3.05) is 23.7 Å². The summed E-state index contributed by atoms with van der Waals surface area (Å²) in [7, 11) is 0. The van der Waals surface area contributed by atoms with E-state index in [9.17, 15) is 0 Å². The number of benzene rings is 1. The van der Waals surface area contributed by atoms with E-state index in [0.717, 1.165) is 0 Å². The van der Waals surface area contributed by atoms with Crippen molar-refractivity contribution in [1.82, 2.24) is 0 Å². The zero-order valence-electron chi connectivity index (χ0n) is 11.0. The van der Waals surface area contributed by atoms with E-state index in [1.54, 1.807) is 0 Å². The van der Waals surface area contributed by atoms with Gasteiger partial charge in [0, 0.05) is 24.2 Å². The molecule has 2 N–H and O–H groups in total. The van der Waals surface area contributed by atoms with Crippen LogP contribution in [0.4, 0.5) is 11.4 Å². The van der Waals surface area contributed by atoms with Crippen LogP contribution < -0.4 is 10.6 Å². The molecule has 1 heterocycles. The van der Waals surface area contributed by atoms with E-state index >= 15 is 0 Å². The van der Waals surface area contributed by atoms with Crippen LogP contribution in [0.3, 0.4) is 0 Å². The molecular weight excluding hydrogens is 244 g/mol. The van der Waals surface area contributed by atoms with E-state index in [2.05, 4.69) is 11.8 Å². The minimum Gasteiger partial charge on any atom is -0.398 e. The average molecular weight is 265 g/mol. The first-order valence-corrected chi connectivity index (χ1v) is 7.28. The van der Waals surface area contributed by atoms with Gasteiger partial charge in [0.2, 0.25) is 0 Å². The van der Waals surface area contributed by atoms with E-state index in [1.807, 2.05) is 12.1 Å². The Morgan fingerprint density at radius 2 is 1.83 bits per heavy atom. The Hall–Kier alpha value is -0.890. The largest absolute Gasteiger partial charge is 0.398 e. The predicted octanol–water partition coefficient (Wildman–Crippen LogP) is 4.00. The zero-order valence-corrected chi connectivity index (χ0v) is 11.8. The standard InChI is InChI=1S/C15H21ClN2/c1-11-7-13(17)12(16)8-14(11)18-9-15(10-18)5-3-2-4-6-15/h7-8H,2-6,9-10,17H2,1H3. The van der Waals surface area contributed by atoms with Crippen LogP contribution in [-0.2, 0) is 0 Å². The maximum Gasteiger partial charge on any atom is 0.0656 e. The molecule has 1 saturated carbocycles. The van der Waals surface area contributed by atoms with Crippen LogP contribution in [-0.4, -0.2) is 13.1 Å². The van der Waals surface area contributed by atoms with Gasteiger partial charge in [-0.05, 0) is 37.5 Å². The number of hydrogen-bond acceptors (Lipinski definition) is 2. The van der Waals surface area contributed by atoms with Gasteiger partial charge in [0.15, 0.2) is 0 Å². The summed E-state index contributed by atoms with van der Waals surface area (Å²) in [5.74, 6) is 0. The maximum absolute atomic E-state index is 6.14. The number of aryl methyl sites for hydroxylation is 1. The molecule has 1 saturated heterocycles. The fourth-order valence-electron chi connectivity index (χ4n) is 3.59. The lowest BCUT2D eigenvalue weighted by molar-refractivity contribution is 0.139. The van der Waals surface area contributed by atoms with Gasteiger partial charge in [-0.1, -0.05) is 30.9 Å². The number of anilines is 2. The molecule has 1 aromatic carbocycles. The van der Waals surface area contributed by atoms with Crippen LogP contribution >= 0.6 is 11.6 Å². The molecule has 2 nitrogen and oxygen atoms in total. The molecule has 0 radical (unpaired) electrons. The van der Waals surface area contributed by atoms with Gasteiger partial charge in [0.25, 0.3) is 0 Å². The summed E-state index contributed by atoms with van der Waals surface area (Å²) in [5.41, 5.74) is 9.64. The van der Waals surface area contributed by atoms with E-state index in [4.69, 9.17) is 17.3 Å². The van der Waals surface area contributed by atoms with Gasteiger partial charge in [-0.15, -0.1) is 0 Å². The monoisotopic (exact) mass is 264 g/mol. The summed E-state index contributed by atoms with van der Waals surface area (Å²) in [6.07, 6.45) is 7.07. The Labute approximate surface area is 114 Å². The van der Waals surface area contributed by atoms with Crippen LogP contribution in [0.25, 0.3) is 0 Å². The third kappa shape index (κ3) is 1.97. The summed E-state index contributed by atoms with van der Waals surface area (Å²) in [4.78, 5) is 2.46. The van der Waals surface area contributed by atoms with Crippen LogP contribution in [0.5, 0.6) is 0 Å². The quantitative estimate of drug-likeness (QED) is 0.777. The third-order valence-electron chi connectivity index (χ3n) is 4.62. The molecule has 0 atom stereocenters. The topological polar surface area (TPSA) is 29.3 Å². The fraction of sp³-hybridized carbons (Fsp3) is 0.600. The molecule has 1 spiro atoms. The Balaban J connectivity index is 1.76. The summed E-state index contributed by atoms with van der Waals surface area (Å²) in [6.45, 7) is 4.52. The van der Waals surface area contributed by atoms with E-state index in [0.29, 0.717) is 16.1 Å². The first-order chi connectivity index (χ1) is 8.60. The lowest BCUT2D eigenvalue weighted by Crippen LogP contribution is -2.57. The number of rotatable bonds is 1. The van der Waals surface area contributed by atoms with Gasteiger partial charge in [0.05, 0.1) is 10.7 Å². The molecule has 1 aliphatic carbocycles. The molecule has 1 aromatic rings. The Morgan fingerprint density at radius 3 is 2.50 bits per heavy atom. The Bertz CT molecular complexity index is 456. The summed E-state index contributed by atoms with van der Waals surface area (Å²) < 4.78 is 0. The van der Waals surface area contributed by atoms with Crippen LogP contribution in [0.2, 0.25) is 5.02 Å². The van der Waals surface area contributed by atoms with Crippen LogP contribution in [0.15, 0.2) is 12.1 Å². The average Bonchev–Trinajstić information content (AvgIpc) is 2.32. The third-order valence-corrected chi connectivity index (χ3v) is 4.95. The highest BCUT2D eigenvalue weighted by molar-refractivity contribution is 6.33. The molecular formula is C15H21ClN2. The van der Waals surface area contributed by atoms with Crippen molar-refractivity contribution in [3.8, 4) is 0 Å². The van der Waals surface area contributed by atoms with Gasteiger partial charge in [-0.3, -0.25) is 0 Å². The first-order valence-electron chi connectivity index (χ1n) is 6.90. The van der Waals surface area contributed by atoms with Crippen molar-refractivity contribution in [3.05, 3.63) is 22.7 Å². The summed E-state index contributed by atoms with van der Waals surface area (Å²) >= 11 is 6.14. The molecule has 2 fully saturated rings. The van der Waals surface area contributed by atoms with Gasteiger partial charge in [-0.2, -0.15) is 0 Å². The highest BCUT2D eigenvalue weighted by Gasteiger charge is 2.43. The minimum absolute atomic E-state index is 0.610. The highest BCUT2D eigenvalue weighted by Crippen LogP contribution is 2.46. The molecule has 1 aliphatic heterocycles. The van der Waals surface area contributed by atoms with Crippen molar-refractivity contribution < 1.29 is 0 Å². The zero-order chi connectivity index (χ0) is 12.8. The second-order valence-electron chi connectivity index (χ2n) is 6.08. The molecule has 0 bridgehead atoms. The molecule has 0 amide bonds.